The molecule has 0 unspecified atom stereocenters. The van der Waals surface area contributed by atoms with Gasteiger partial charge >= 0.3 is 0 Å². The zero-order valence-corrected chi connectivity index (χ0v) is 12.4. The Morgan fingerprint density at radius 3 is 2.41 bits per heavy atom. The summed E-state index contributed by atoms with van der Waals surface area (Å²) in [5.41, 5.74) is 5.85. The topological polar surface area (TPSA) is 55.0 Å². The van der Waals surface area contributed by atoms with E-state index in [0.717, 1.165) is 29.9 Å². The molecule has 17 heavy (non-hydrogen) atoms. The second-order valence-corrected chi connectivity index (χ2v) is 5.91. The van der Waals surface area contributed by atoms with Crippen LogP contribution in [0.15, 0.2) is 16.9 Å². The van der Waals surface area contributed by atoms with E-state index in [2.05, 4.69) is 51.6 Å². The number of hydrogen-bond donors (Lipinski definition) is 1. The van der Waals surface area contributed by atoms with Crippen LogP contribution in [0.5, 0.6) is 0 Å². The lowest BCUT2D eigenvalue weighted by molar-refractivity contribution is 0.375. The lowest BCUT2D eigenvalue weighted by Crippen LogP contribution is -2.40. The number of rotatable bonds is 6. The minimum Gasteiger partial charge on any atom is -0.340 e. The number of halogens is 1. The van der Waals surface area contributed by atoms with Gasteiger partial charge in [-0.2, -0.15) is 0 Å². The fourth-order valence-electron chi connectivity index (χ4n) is 1.57. The highest BCUT2D eigenvalue weighted by Crippen LogP contribution is 2.19. The van der Waals surface area contributed by atoms with Crippen molar-refractivity contribution in [3.8, 4) is 0 Å². The summed E-state index contributed by atoms with van der Waals surface area (Å²) in [4.78, 5) is 10.9. The lowest BCUT2D eigenvalue weighted by atomic mass is 9.93. The maximum atomic E-state index is 5.78. The van der Waals surface area contributed by atoms with Crippen LogP contribution in [-0.4, -0.2) is 29.6 Å². The molecule has 0 saturated carbocycles. The summed E-state index contributed by atoms with van der Waals surface area (Å²) in [6.45, 7) is 8.96. The van der Waals surface area contributed by atoms with Gasteiger partial charge in [0.1, 0.15) is 0 Å². The Balaban J connectivity index is 2.81. The maximum absolute atomic E-state index is 5.78. The predicted octanol–water partition coefficient (Wildman–Crippen LogP) is 2.44. The molecule has 1 aromatic heterocycles. The standard InChI is InChI=1S/C12H21BrN4/c1-4-5-17(9-12(2,3)8-14)11-15-6-10(13)7-16-11/h6-7H,4-5,8-9,14H2,1-3H3. The molecular formula is C12H21BrN4. The van der Waals surface area contributed by atoms with Crippen molar-refractivity contribution in [2.75, 3.05) is 24.5 Å². The molecule has 1 heterocycles. The lowest BCUT2D eigenvalue weighted by Gasteiger charge is -2.31. The van der Waals surface area contributed by atoms with Crippen LogP contribution < -0.4 is 10.6 Å². The van der Waals surface area contributed by atoms with Crippen molar-refractivity contribution in [3.63, 3.8) is 0 Å². The van der Waals surface area contributed by atoms with Crippen molar-refractivity contribution in [1.82, 2.24) is 9.97 Å². The Bertz CT molecular complexity index is 337. The average molecular weight is 301 g/mol. The van der Waals surface area contributed by atoms with Crippen LogP contribution in [0.4, 0.5) is 5.95 Å². The summed E-state index contributed by atoms with van der Waals surface area (Å²) >= 11 is 3.35. The molecule has 0 aliphatic heterocycles. The van der Waals surface area contributed by atoms with Crippen LogP contribution in [0.1, 0.15) is 27.2 Å². The van der Waals surface area contributed by atoms with Gasteiger partial charge < -0.3 is 10.6 Å². The van der Waals surface area contributed by atoms with E-state index in [1.807, 2.05) is 0 Å². The minimum absolute atomic E-state index is 0.0750. The molecule has 0 aliphatic carbocycles. The monoisotopic (exact) mass is 300 g/mol. The summed E-state index contributed by atoms with van der Waals surface area (Å²) in [5, 5.41) is 0. The van der Waals surface area contributed by atoms with Crippen LogP contribution in [0.3, 0.4) is 0 Å². The number of nitrogens with two attached hydrogens (primary N) is 1. The first kappa shape index (κ1) is 14.4. The van der Waals surface area contributed by atoms with Gasteiger partial charge in [0.2, 0.25) is 5.95 Å². The van der Waals surface area contributed by atoms with E-state index in [1.54, 1.807) is 12.4 Å². The van der Waals surface area contributed by atoms with Gasteiger partial charge in [0, 0.05) is 25.5 Å². The van der Waals surface area contributed by atoms with Crippen molar-refractivity contribution in [3.05, 3.63) is 16.9 Å². The number of hydrogen-bond acceptors (Lipinski definition) is 4. The van der Waals surface area contributed by atoms with E-state index in [4.69, 9.17) is 5.73 Å². The zero-order chi connectivity index (χ0) is 12.9. The summed E-state index contributed by atoms with van der Waals surface area (Å²) in [6.07, 6.45) is 4.63. The van der Waals surface area contributed by atoms with Gasteiger partial charge in [-0.1, -0.05) is 20.8 Å². The fourth-order valence-corrected chi connectivity index (χ4v) is 1.77. The summed E-state index contributed by atoms with van der Waals surface area (Å²) in [5.74, 6) is 0.775. The van der Waals surface area contributed by atoms with E-state index >= 15 is 0 Å². The molecule has 0 saturated heterocycles. The Kier molecular flexibility index (Phi) is 5.33. The number of anilines is 1. The van der Waals surface area contributed by atoms with Gasteiger partial charge in [-0.3, -0.25) is 0 Å². The van der Waals surface area contributed by atoms with E-state index < -0.39 is 0 Å². The van der Waals surface area contributed by atoms with Crippen LogP contribution in [0.25, 0.3) is 0 Å². The first-order valence-corrected chi connectivity index (χ1v) is 6.70. The van der Waals surface area contributed by atoms with Gasteiger partial charge in [-0.15, -0.1) is 0 Å². The molecule has 0 radical (unpaired) electrons. The Morgan fingerprint density at radius 1 is 1.35 bits per heavy atom. The van der Waals surface area contributed by atoms with Crippen molar-refractivity contribution in [2.24, 2.45) is 11.1 Å². The average Bonchev–Trinajstić information content (AvgIpc) is 2.29. The largest absolute Gasteiger partial charge is 0.340 e. The fraction of sp³-hybridized carbons (Fsp3) is 0.667. The molecule has 96 valence electrons. The van der Waals surface area contributed by atoms with Gasteiger partial charge in [0.05, 0.1) is 4.47 Å². The Labute approximate surface area is 112 Å². The highest BCUT2D eigenvalue weighted by Gasteiger charge is 2.21. The third kappa shape index (κ3) is 4.60. The molecule has 0 aliphatic rings. The van der Waals surface area contributed by atoms with Crippen LogP contribution in [0.2, 0.25) is 0 Å². The highest BCUT2D eigenvalue weighted by molar-refractivity contribution is 9.10. The summed E-state index contributed by atoms with van der Waals surface area (Å²) < 4.78 is 0.899. The Morgan fingerprint density at radius 2 is 1.94 bits per heavy atom. The highest BCUT2D eigenvalue weighted by atomic mass is 79.9. The molecule has 5 heteroatoms. The first-order valence-electron chi connectivity index (χ1n) is 5.91. The van der Waals surface area contributed by atoms with Crippen molar-refractivity contribution in [1.29, 1.82) is 0 Å². The third-order valence-electron chi connectivity index (χ3n) is 2.55. The molecule has 0 spiro atoms. The second kappa shape index (κ2) is 6.31. The van der Waals surface area contributed by atoms with E-state index in [1.165, 1.54) is 0 Å². The summed E-state index contributed by atoms with van der Waals surface area (Å²) in [7, 11) is 0. The number of aromatic nitrogens is 2. The summed E-state index contributed by atoms with van der Waals surface area (Å²) in [6, 6.07) is 0. The molecule has 4 nitrogen and oxygen atoms in total. The molecule has 0 bridgehead atoms. The van der Waals surface area contributed by atoms with Gasteiger partial charge in [-0.25, -0.2) is 9.97 Å². The van der Waals surface area contributed by atoms with Crippen molar-refractivity contribution in [2.45, 2.75) is 27.2 Å². The number of nitrogens with zero attached hydrogens (tertiary/aromatic N) is 3. The molecule has 0 amide bonds. The van der Waals surface area contributed by atoms with Crippen LogP contribution >= 0.6 is 15.9 Å². The van der Waals surface area contributed by atoms with E-state index in [-0.39, 0.29) is 5.41 Å². The van der Waals surface area contributed by atoms with Gasteiger partial charge in [-0.05, 0) is 34.3 Å². The van der Waals surface area contributed by atoms with Crippen molar-refractivity contribution < 1.29 is 0 Å². The zero-order valence-electron chi connectivity index (χ0n) is 10.8. The molecule has 2 N–H and O–H groups in total. The van der Waals surface area contributed by atoms with E-state index in [9.17, 15) is 0 Å². The molecule has 1 rings (SSSR count). The molecule has 1 aromatic rings. The minimum atomic E-state index is 0.0750. The molecular weight excluding hydrogens is 280 g/mol. The smallest absolute Gasteiger partial charge is 0.225 e. The second-order valence-electron chi connectivity index (χ2n) is 4.99. The van der Waals surface area contributed by atoms with Crippen LogP contribution in [-0.2, 0) is 0 Å². The predicted molar refractivity (Wildman–Crippen MR) is 75.1 cm³/mol. The molecule has 0 atom stereocenters. The maximum Gasteiger partial charge on any atom is 0.225 e. The van der Waals surface area contributed by atoms with Crippen LogP contribution in [0, 0.1) is 5.41 Å². The Hall–Kier alpha value is -0.680. The first-order chi connectivity index (χ1) is 7.98. The van der Waals surface area contributed by atoms with Crippen molar-refractivity contribution >= 4 is 21.9 Å². The molecule has 0 fully saturated rings. The SMILES string of the molecule is CCCN(CC(C)(C)CN)c1ncc(Br)cn1. The third-order valence-corrected chi connectivity index (χ3v) is 2.96. The molecule has 0 aromatic carbocycles. The van der Waals surface area contributed by atoms with E-state index in [0.29, 0.717) is 6.54 Å². The normalized spacial score (nSPS) is 11.6. The quantitative estimate of drug-likeness (QED) is 0.877. The van der Waals surface area contributed by atoms with Gasteiger partial charge in [0.25, 0.3) is 0 Å². The van der Waals surface area contributed by atoms with Gasteiger partial charge in [0.15, 0.2) is 0 Å².